The first-order valence-corrected chi connectivity index (χ1v) is 33.2. The quantitative estimate of drug-likeness (QED) is 0.0261. The minimum Gasteiger partial charge on any atom is -0.462 e. The van der Waals surface area contributed by atoms with Crippen molar-refractivity contribution in [3.8, 4) is 0 Å². The van der Waals surface area contributed by atoms with Gasteiger partial charge < -0.3 is 14.2 Å². The lowest BCUT2D eigenvalue weighted by molar-refractivity contribution is -0.167. The highest BCUT2D eigenvalue weighted by molar-refractivity contribution is 5.71. The lowest BCUT2D eigenvalue weighted by atomic mass is 10.0. The predicted molar refractivity (Wildman–Crippen MR) is 339 cm³/mol. The molecule has 0 aromatic heterocycles. The van der Waals surface area contributed by atoms with Crippen LogP contribution >= 0.6 is 0 Å². The van der Waals surface area contributed by atoms with E-state index in [-0.39, 0.29) is 31.1 Å². The zero-order valence-corrected chi connectivity index (χ0v) is 51.4. The third kappa shape index (κ3) is 63.2. The molecule has 0 aliphatic heterocycles. The maximum absolute atomic E-state index is 12.9. The van der Waals surface area contributed by atoms with Crippen LogP contribution in [0, 0.1) is 0 Å². The van der Waals surface area contributed by atoms with Crippen LogP contribution in [0.5, 0.6) is 0 Å². The van der Waals surface area contributed by atoms with Gasteiger partial charge in [0.1, 0.15) is 13.2 Å². The molecule has 1 atom stereocenters. The maximum atomic E-state index is 12.9. The first-order chi connectivity index (χ1) is 38.5. The van der Waals surface area contributed by atoms with Crippen molar-refractivity contribution in [1.29, 1.82) is 0 Å². The second-order valence-electron chi connectivity index (χ2n) is 22.0. The normalized spacial score (nSPS) is 12.7. The standard InChI is InChI=1S/C72H124O6/c1-4-7-10-13-16-19-22-25-27-28-29-30-31-32-33-34-35-36-37-38-39-40-41-42-43-44-45-48-50-53-56-59-62-65-71(74)77-68-69(67-76-70(73)64-61-58-55-52-49-46-24-21-18-15-12-9-6-3)78-72(75)66-63-60-57-54-51-47-26-23-20-17-14-11-8-5-2/h7,10,12,14-17,19,21,23-27,29-30,69H,4-6,8-9,11,13,18,20,22,28,31-68H2,1-3H3/b10-7-,15-12-,17-14-,19-16-,24-21-,26-23-,27-25-,30-29-. The van der Waals surface area contributed by atoms with Gasteiger partial charge in [-0.3, -0.25) is 14.4 Å². The predicted octanol–water partition coefficient (Wildman–Crippen LogP) is 22.8. The number of allylic oxidation sites excluding steroid dienone is 16. The molecule has 0 radical (unpaired) electrons. The molecule has 0 spiro atoms. The van der Waals surface area contributed by atoms with Crippen LogP contribution in [0.15, 0.2) is 97.2 Å². The number of hydrogen-bond donors (Lipinski definition) is 0. The summed E-state index contributed by atoms with van der Waals surface area (Å²) in [6.07, 6.45) is 88.7. The molecule has 448 valence electrons. The van der Waals surface area contributed by atoms with Crippen molar-refractivity contribution in [1.82, 2.24) is 0 Å². The summed E-state index contributed by atoms with van der Waals surface area (Å²) in [5, 5.41) is 0. The molecule has 78 heavy (non-hydrogen) atoms. The number of rotatable bonds is 60. The minimum atomic E-state index is -0.789. The Kier molecular flexibility index (Phi) is 62.7. The first-order valence-electron chi connectivity index (χ1n) is 33.2. The Morgan fingerprint density at radius 3 is 0.833 bits per heavy atom. The average molecular weight is 1090 g/mol. The SMILES string of the molecule is CC/C=C\C/C=C\C/C=C\C/C=C\CCCCCCCCCCCCCCCCCCCCCCC(=O)OCC(COC(=O)CCCCCCC/C=C\C/C=C\CCC)OC(=O)CCCCCCC/C=C\C/C=C\CCCC. The molecule has 0 saturated heterocycles. The molecule has 0 bridgehead atoms. The van der Waals surface area contributed by atoms with E-state index in [1.165, 1.54) is 141 Å². The van der Waals surface area contributed by atoms with Crippen molar-refractivity contribution < 1.29 is 28.6 Å². The summed E-state index contributed by atoms with van der Waals surface area (Å²) in [6.45, 7) is 6.42. The summed E-state index contributed by atoms with van der Waals surface area (Å²) >= 11 is 0. The molecule has 1 unspecified atom stereocenters. The van der Waals surface area contributed by atoms with E-state index in [9.17, 15) is 14.4 Å². The van der Waals surface area contributed by atoms with E-state index in [1.807, 2.05) is 0 Å². The molecule has 0 amide bonds. The van der Waals surface area contributed by atoms with Gasteiger partial charge in [-0.1, -0.05) is 291 Å². The molecule has 0 aliphatic rings. The van der Waals surface area contributed by atoms with Crippen LogP contribution in [0.2, 0.25) is 0 Å². The van der Waals surface area contributed by atoms with Crippen LogP contribution in [-0.2, 0) is 28.6 Å². The van der Waals surface area contributed by atoms with E-state index in [1.54, 1.807) is 0 Å². The zero-order valence-electron chi connectivity index (χ0n) is 51.4. The van der Waals surface area contributed by atoms with E-state index in [0.29, 0.717) is 19.3 Å². The van der Waals surface area contributed by atoms with E-state index >= 15 is 0 Å². The van der Waals surface area contributed by atoms with Crippen molar-refractivity contribution in [2.24, 2.45) is 0 Å². The minimum absolute atomic E-state index is 0.0846. The van der Waals surface area contributed by atoms with Gasteiger partial charge in [0.15, 0.2) is 6.10 Å². The Balaban J connectivity index is 4.12. The van der Waals surface area contributed by atoms with Crippen LogP contribution in [0.3, 0.4) is 0 Å². The van der Waals surface area contributed by atoms with Gasteiger partial charge in [-0.2, -0.15) is 0 Å². The number of unbranched alkanes of at least 4 members (excludes halogenated alkanes) is 33. The van der Waals surface area contributed by atoms with Crippen molar-refractivity contribution in [2.75, 3.05) is 13.2 Å². The number of carbonyl (C=O) groups is 3. The van der Waals surface area contributed by atoms with Gasteiger partial charge in [-0.25, -0.2) is 0 Å². The van der Waals surface area contributed by atoms with Gasteiger partial charge in [0.05, 0.1) is 0 Å². The van der Waals surface area contributed by atoms with E-state index < -0.39 is 6.10 Å². The first kappa shape index (κ1) is 74.3. The van der Waals surface area contributed by atoms with Gasteiger partial charge in [-0.05, 0) is 109 Å². The summed E-state index contributed by atoms with van der Waals surface area (Å²) in [6, 6.07) is 0. The van der Waals surface area contributed by atoms with Gasteiger partial charge >= 0.3 is 17.9 Å². The monoisotopic (exact) mass is 1080 g/mol. The molecule has 6 nitrogen and oxygen atoms in total. The highest BCUT2D eigenvalue weighted by Crippen LogP contribution is 2.17. The fourth-order valence-corrected chi connectivity index (χ4v) is 9.31. The van der Waals surface area contributed by atoms with Crippen LogP contribution in [-0.4, -0.2) is 37.2 Å². The summed E-state index contributed by atoms with van der Waals surface area (Å²) in [5.41, 5.74) is 0. The lowest BCUT2D eigenvalue weighted by Gasteiger charge is -2.18. The van der Waals surface area contributed by atoms with Crippen LogP contribution in [0.25, 0.3) is 0 Å². The fraction of sp³-hybridized carbons (Fsp3) is 0.736. The largest absolute Gasteiger partial charge is 0.462 e. The second-order valence-corrected chi connectivity index (χ2v) is 22.0. The van der Waals surface area contributed by atoms with E-state index in [0.717, 1.165) is 141 Å². The number of carbonyl (C=O) groups excluding carboxylic acids is 3. The number of ether oxygens (including phenoxy) is 3. The van der Waals surface area contributed by atoms with Gasteiger partial charge in [0.25, 0.3) is 0 Å². The Hall–Kier alpha value is -3.67. The van der Waals surface area contributed by atoms with Gasteiger partial charge in [0, 0.05) is 19.3 Å². The number of hydrogen-bond acceptors (Lipinski definition) is 6. The fourth-order valence-electron chi connectivity index (χ4n) is 9.31. The smallest absolute Gasteiger partial charge is 0.306 e. The maximum Gasteiger partial charge on any atom is 0.306 e. The average Bonchev–Trinajstić information content (AvgIpc) is 3.44. The molecule has 0 saturated carbocycles. The molecular formula is C72H124O6. The molecule has 0 fully saturated rings. The molecule has 0 aliphatic carbocycles. The van der Waals surface area contributed by atoms with Crippen LogP contribution in [0.4, 0.5) is 0 Å². The van der Waals surface area contributed by atoms with Crippen LogP contribution in [0.1, 0.15) is 323 Å². The topological polar surface area (TPSA) is 78.9 Å². The Morgan fingerprint density at radius 1 is 0.269 bits per heavy atom. The summed E-state index contributed by atoms with van der Waals surface area (Å²) in [4.78, 5) is 38.2. The van der Waals surface area contributed by atoms with E-state index in [4.69, 9.17) is 14.2 Å². The number of esters is 3. The van der Waals surface area contributed by atoms with E-state index in [2.05, 4.69) is 118 Å². The molecular weight excluding hydrogens is 961 g/mol. The molecule has 0 heterocycles. The summed E-state index contributed by atoms with van der Waals surface area (Å²) in [5.74, 6) is -0.902. The molecule has 0 aromatic carbocycles. The molecule has 6 heteroatoms. The Morgan fingerprint density at radius 2 is 0.526 bits per heavy atom. The van der Waals surface area contributed by atoms with Crippen molar-refractivity contribution in [3.05, 3.63) is 97.2 Å². The van der Waals surface area contributed by atoms with Crippen LogP contribution < -0.4 is 0 Å². The van der Waals surface area contributed by atoms with Gasteiger partial charge in [-0.15, -0.1) is 0 Å². The molecule has 0 rings (SSSR count). The second kappa shape index (κ2) is 65.8. The van der Waals surface area contributed by atoms with Crippen molar-refractivity contribution in [3.63, 3.8) is 0 Å². The summed E-state index contributed by atoms with van der Waals surface area (Å²) in [7, 11) is 0. The summed E-state index contributed by atoms with van der Waals surface area (Å²) < 4.78 is 16.9. The zero-order chi connectivity index (χ0) is 56.4. The molecule has 0 aromatic rings. The highest BCUT2D eigenvalue weighted by atomic mass is 16.6. The van der Waals surface area contributed by atoms with Crippen molar-refractivity contribution >= 4 is 17.9 Å². The third-order valence-electron chi connectivity index (χ3n) is 14.3. The van der Waals surface area contributed by atoms with Gasteiger partial charge in [0.2, 0.25) is 0 Å². The lowest BCUT2D eigenvalue weighted by Crippen LogP contribution is -2.30. The Bertz CT molecular complexity index is 1530. The van der Waals surface area contributed by atoms with Crippen molar-refractivity contribution in [2.45, 2.75) is 329 Å². The highest BCUT2D eigenvalue weighted by Gasteiger charge is 2.19. The Labute approximate surface area is 483 Å². The molecule has 0 N–H and O–H groups in total. The third-order valence-corrected chi connectivity index (χ3v) is 14.3.